The Balaban J connectivity index is 0.00000172. The molecule has 1 N–H and O–H groups in total. The van der Waals surface area contributed by atoms with Crippen LogP contribution in [0.5, 0.6) is 0 Å². The maximum absolute atomic E-state index is 12.9. The zero-order chi connectivity index (χ0) is 27.9. The predicted octanol–water partition coefficient (Wildman–Crippen LogP) is 4.18. The molecular formula is C27H35Cl2N7O3. The maximum atomic E-state index is 12.9. The first-order chi connectivity index (χ1) is 18.9. The van der Waals surface area contributed by atoms with Crippen LogP contribution in [0, 0.1) is 0 Å². The number of halogens is 2. The fraction of sp³-hybridized carbons (Fsp3) is 0.519. The number of amides is 1. The van der Waals surface area contributed by atoms with Gasteiger partial charge in [0.2, 0.25) is 5.91 Å². The van der Waals surface area contributed by atoms with Crippen LogP contribution in [-0.4, -0.2) is 81.9 Å². The Morgan fingerprint density at radius 3 is 2.56 bits per heavy atom. The number of hydrogen-bond donors (Lipinski definition) is 1. The second-order valence-electron chi connectivity index (χ2n) is 9.18. The minimum Gasteiger partial charge on any atom is -0.461 e. The van der Waals surface area contributed by atoms with Crippen LogP contribution in [0.2, 0.25) is 10.0 Å². The van der Waals surface area contributed by atoms with Crippen molar-refractivity contribution in [2.24, 2.45) is 0 Å². The highest BCUT2D eigenvalue weighted by Gasteiger charge is 2.29. The molecule has 2 aromatic heterocycles. The predicted molar refractivity (Wildman–Crippen MR) is 153 cm³/mol. The Morgan fingerprint density at radius 1 is 1.13 bits per heavy atom. The Labute approximate surface area is 238 Å². The van der Waals surface area contributed by atoms with Crippen LogP contribution in [0.3, 0.4) is 0 Å². The third-order valence-corrected chi connectivity index (χ3v) is 7.35. The molecule has 0 saturated carbocycles. The number of nitrogens with zero attached hydrogens (tertiary/aromatic N) is 6. The van der Waals surface area contributed by atoms with Gasteiger partial charge in [-0.2, -0.15) is 5.10 Å². The summed E-state index contributed by atoms with van der Waals surface area (Å²) in [4.78, 5) is 38.9. The van der Waals surface area contributed by atoms with Crippen molar-refractivity contribution < 1.29 is 14.3 Å². The number of ether oxygens (including phenoxy) is 1. The Morgan fingerprint density at radius 2 is 1.90 bits per heavy atom. The van der Waals surface area contributed by atoms with E-state index in [4.69, 9.17) is 32.9 Å². The molecule has 10 nitrogen and oxygen atoms in total. The Kier molecular flexibility index (Phi) is 9.99. The van der Waals surface area contributed by atoms with E-state index in [2.05, 4.69) is 20.3 Å². The quantitative estimate of drug-likeness (QED) is 0.436. The molecule has 5 rings (SSSR count). The molecule has 0 aliphatic carbocycles. The lowest BCUT2D eigenvalue weighted by molar-refractivity contribution is -0.134. The zero-order valence-corrected chi connectivity index (χ0v) is 24.1. The minimum absolute atomic E-state index is 0.0771. The molecule has 0 bridgehead atoms. The topological polar surface area (TPSA) is 105 Å². The van der Waals surface area contributed by atoms with Gasteiger partial charge in [-0.25, -0.2) is 19.4 Å². The molecule has 12 heteroatoms. The number of fused-ring (bicyclic) bond motifs is 1. The van der Waals surface area contributed by atoms with Crippen LogP contribution in [0.1, 0.15) is 56.1 Å². The second-order valence-corrected chi connectivity index (χ2v) is 10.0. The van der Waals surface area contributed by atoms with Gasteiger partial charge in [0.25, 0.3) is 0 Å². The molecule has 0 radical (unpaired) electrons. The third kappa shape index (κ3) is 6.62. The zero-order valence-electron chi connectivity index (χ0n) is 22.6. The lowest BCUT2D eigenvalue weighted by Gasteiger charge is -2.37. The van der Waals surface area contributed by atoms with E-state index in [1.54, 1.807) is 29.9 Å². The number of benzene rings is 1. The number of nitrogens with one attached hydrogen (secondary N) is 1. The number of hydrogen-bond acceptors (Lipinski definition) is 8. The molecule has 3 aromatic rings. The lowest BCUT2D eigenvalue weighted by atomic mass is 10.0. The molecule has 1 unspecified atom stereocenters. The summed E-state index contributed by atoms with van der Waals surface area (Å²) in [5.41, 5.74) is 1.71. The SMILES string of the molecule is CC.CCOC(=O)c1nn(Cc2ccc(Cl)cc2Cl)c2nc(N3CCN(C(=O)C4CCCCN4)CC3)cnc12. The third-order valence-electron chi connectivity index (χ3n) is 6.76. The van der Waals surface area contributed by atoms with E-state index in [0.29, 0.717) is 53.2 Å². The average Bonchev–Trinajstić information content (AvgIpc) is 3.33. The van der Waals surface area contributed by atoms with E-state index in [1.807, 2.05) is 24.8 Å². The van der Waals surface area contributed by atoms with Gasteiger partial charge in [0.15, 0.2) is 11.3 Å². The standard InChI is InChI=1S/C25H29Cl2N7O3.C2H6/c1-2-37-25(36)22-21-23(34(31-22)15-16-6-7-17(26)13-18(16)27)30-20(14-29-21)32-9-11-33(12-10-32)24(35)19-5-3-4-8-28-19;1-2/h6-7,13-14,19,28H,2-5,8-12,15H2,1H3;1-2H3. The van der Waals surface area contributed by atoms with E-state index in [9.17, 15) is 9.59 Å². The van der Waals surface area contributed by atoms with Crippen molar-refractivity contribution in [1.29, 1.82) is 0 Å². The van der Waals surface area contributed by atoms with Gasteiger partial charge in [-0.1, -0.05) is 49.5 Å². The van der Waals surface area contributed by atoms with E-state index in [-0.39, 0.29) is 30.8 Å². The number of esters is 1. The van der Waals surface area contributed by atoms with Gasteiger partial charge in [0.1, 0.15) is 11.3 Å². The first kappa shape index (κ1) is 29.0. The number of piperazine rings is 1. The normalized spacial score (nSPS) is 17.5. The van der Waals surface area contributed by atoms with Gasteiger partial charge in [-0.3, -0.25) is 4.79 Å². The van der Waals surface area contributed by atoms with E-state index in [1.165, 1.54) is 0 Å². The van der Waals surface area contributed by atoms with Crippen LogP contribution >= 0.6 is 23.2 Å². The molecule has 210 valence electrons. The molecule has 4 heterocycles. The highest BCUT2D eigenvalue weighted by Crippen LogP contribution is 2.25. The molecule has 2 aliphatic heterocycles. The summed E-state index contributed by atoms with van der Waals surface area (Å²) in [6.07, 6.45) is 4.75. The van der Waals surface area contributed by atoms with E-state index in [0.717, 1.165) is 31.4 Å². The first-order valence-electron chi connectivity index (χ1n) is 13.6. The number of carbonyl (C=O) groups is 2. The van der Waals surface area contributed by atoms with Crippen molar-refractivity contribution in [3.8, 4) is 0 Å². The first-order valence-corrected chi connectivity index (χ1v) is 14.3. The largest absolute Gasteiger partial charge is 0.461 e. The fourth-order valence-electron chi connectivity index (χ4n) is 4.78. The highest BCUT2D eigenvalue weighted by atomic mass is 35.5. The summed E-state index contributed by atoms with van der Waals surface area (Å²) < 4.78 is 6.80. The summed E-state index contributed by atoms with van der Waals surface area (Å²) in [7, 11) is 0. The molecule has 1 amide bonds. The maximum Gasteiger partial charge on any atom is 0.361 e. The number of piperidine rings is 1. The second kappa shape index (κ2) is 13.4. The van der Waals surface area contributed by atoms with E-state index >= 15 is 0 Å². The van der Waals surface area contributed by atoms with Crippen LogP contribution in [0.15, 0.2) is 24.4 Å². The van der Waals surface area contributed by atoms with Crippen molar-refractivity contribution in [3.63, 3.8) is 0 Å². The lowest BCUT2D eigenvalue weighted by Crippen LogP contribution is -2.55. The molecule has 39 heavy (non-hydrogen) atoms. The molecule has 2 aliphatic rings. The van der Waals surface area contributed by atoms with Crippen molar-refractivity contribution in [3.05, 3.63) is 45.7 Å². The van der Waals surface area contributed by atoms with Gasteiger partial charge in [-0.05, 0) is 44.0 Å². The molecule has 0 spiro atoms. The van der Waals surface area contributed by atoms with Gasteiger partial charge in [0, 0.05) is 36.2 Å². The molecule has 1 atom stereocenters. The van der Waals surface area contributed by atoms with Gasteiger partial charge in [0.05, 0.1) is 25.4 Å². The number of anilines is 1. The van der Waals surface area contributed by atoms with Gasteiger partial charge < -0.3 is 19.9 Å². The van der Waals surface area contributed by atoms with Crippen LogP contribution in [0.25, 0.3) is 11.2 Å². The monoisotopic (exact) mass is 575 g/mol. The summed E-state index contributed by atoms with van der Waals surface area (Å²) in [5, 5.41) is 8.85. The summed E-state index contributed by atoms with van der Waals surface area (Å²) in [6, 6.07) is 5.15. The van der Waals surface area contributed by atoms with Crippen LogP contribution in [-0.2, 0) is 16.1 Å². The Bertz CT molecular complexity index is 1300. The van der Waals surface area contributed by atoms with Crippen LogP contribution in [0.4, 0.5) is 5.82 Å². The molecule has 2 fully saturated rings. The van der Waals surface area contributed by atoms with Gasteiger partial charge in [-0.15, -0.1) is 0 Å². The van der Waals surface area contributed by atoms with Crippen molar-refractivity contribution >= 4 is 52.1 Å². The van der Waals surface area contributed by atoms with Crippen LogP contribution < -0.4 is 10.2 Å². The number of aromatic nitrogens is 4. The molecule has 1 aromatic carbocycles. The summed E-state index contributed by atoms with van der Waals surface area (Å²) >= 11 is 12.5. The van der Waals surface area contributed by atoms with E-state index < -0.39 is 5.97 Å². The number of carbonyl (C=O) groups excluding carboxylic acids is 2. The molecular weight excluding hydrogens is 541 g/mol. The molecule has 2 saturated heterocycles. The minimum atomic E-state index is -0.557. The highest BCUT2D eigenvalue weighted by molar-refractivity contribution is 6.35. The van der Waals surface area contributed by atoms with Crippen molar-refractivity contribution in [1.82, 2.24) is 30.0 Å². The number of rotatable bonds is 6. The van der Waals surface area contributed by atoms with Gasteiger partial charge >= 0.3 is 5.97 Å². The Hall–Kier alpha value is -2.95. The van der Waals surface area contributed by atoms with Crippen molar-refractivity contribution in [2.45, 2.75) is 52.6 Å². The summed E-state index contributed by atoms with van der Waals surface area (Å²) in [6.45, 7) is 9.65. The average molecular weight is 577 g/mol. The fourth-order valence-corrected chi connectivity index (χ4v) is 5.25. The smallest absolute Gasteiger partial charge is 0.361 e. The summed E-state index contributed by atoms with van der Waals surface area (Å²) in [5.74, 6) is 0.283. The van der Waals surface area contributed by atoms with Crippen molar-refractivity contribution in [2.75, 3.05) is 44.2 Å².